The Bertz CT molecular complexity index is 561. The molecule has 0 aliphatic carbocycles. The third-order valence-corrected chi connectivity index (χ3v) is 3.65. The van der Waals surface area contributed by atoms with Crippen LogP contribution in [0.1, 0.15) is 24.2 Å². The zero-order valence-corrected chi connectivity index (χ0v) is 12.3. The van der Waals surface area contributed by atoms with Crippen LogP contribution in [0.3, 0.4) is 0 Å². The van der Waals surface area contributed by atoms with Gasteiger partial charge in [-0.2, -0.15) is 0 Å². The fraction of sp³-hybridized carbons (Fsp3) is 0.500. The molecule has 1 aromatic rings. The number of ether oxygens (including phenoxy) is 1. The third kappa shape index (κ3) is 3.13. The van der Waals surface area contributed by atoms with Crippen LogP contribution in [0.4, 0.5) is 5.69 Å². The van der Waals surface area contributed by atoms with Crippen LogP contribution in [0.2, 0.25) is 0 Å². The Labute approximate surface area is 123 Å². The van der Waals surface area contributed by atoms with E-state index in [1.54, 1.807) is 4.90 Å². The predicted molar refractivity (Wildman–Crippen MR) is 77.6 cm³/mol. The molecule has 114 valence electrons. The zero-order valence-electron chi connectivity index (χ0n) is 12.3. The number of nitrogens with one attached hydrogen (secondary N) is 1. The molecule has 1 aliphatic rings. The van der Waals surface area contributed by atoms with E-state index < -0.39 is 4.92 Å². The van der Waals surface area contributed by atoms with Gasteiger partial charge in [-0.15, -0.1) is 0 Å². The van der Waals surface area contributed by atoms with Crippen LogP contribution in [-0.4, -0.2) is 48.0 Å². The Hall–Kier alpha value is -2.15. The lowest BCUT2D eigenvalue weighted by molar-refractivity contribution is -0.384. The highest BCUT2D eigenvalue weighted by Crippen LogP contribution is 2.26. The van der Waals surface area contributed by atoms with Crippen molar-refractivity contribution in [3.63, 3.8) is 0 Å². The van der Waals surface area contributed by atoms with E-state index in [4.69, 9.17) is 4.74 Å². The molecule has 1 heterocycles. The topological polar surface area (TPSA) is 84.7 Å². The number of carbonyl (C=O) groups excluding carboxylic acids is 1. The maximum absolute atomic E-state index is 12.7. The van der Waals surface area contributed by atoms with Gasteiger partial charge in [0.1, 0.15) is 5.75 Å². The maximum atomic E-state index is 12.7. The molecule has 0 saturated carbocycles. The molecule has 2 unspecified atom stereocenters. The van der Waals surface area contributed by atoms with Crippen LogP contribution < -0.4 is 10.1 Å². The number of nitrogens with zero attached hydrogens (tertiary/aromatic N) is 2. The summed E-state index contributed by atoms with van der Waals surface area (Å²) in [7, 11) is 1.40. The van der Waals surface area contributed by atoms with E-state index in [1.165, 1.54) is 25.3 Å². The number of hydrogen-bond donors (Lipinski definition) is 1. The van der Waals surface area contributed by atoms with Crippen LogP contribution in [0.15, 0.2) is 18.2 Å². The molecule has 0 radical (unpaired) electrons. The Morgan fingerprint density at radius 2 is 2.19 bits per heavy atom. The van der Waals surface area contributed by atoms with Crippen molar-refractivity contribution in [2.45, 2.75) is 25.9 Å². The number of hydrogen-bond acceptors (Lipinski definition) is 5. The first-order chi connectivity index (χ1) is 9.93. The Kier molecular flexibility index (Phi) is 4.42. The number of piperazine rings is 1. The molecule has 0 aromatic heterocycles. The minimum Gasteiger partial charge on any atom is -0.496 e. The average Bonchev–Trinajstić information content (AvgIpc) is 2.48. The number of non-ortho nitro benzene ring substituents is 1. The number of nitro benzene ring substituents is 1. The SMILES string of the molecule is COc1cc([N+](=O)[O-])ccc1C(=O)N1CC(C)NCC1C. The predicted octanol–water partition coefficient (Wildman–Crippen LogP) is 1.43. The molecule has 7 heteroatoms. The fourth-order valence-corrected chi connectivity index (χ4v) is 2.43. The molecular formula is C14H19N3O4. The van der Waals surface area contributed by atoms with Gasteiger partial charge in [-0.05, 0) is 19.9 Å². The number of rotatable bonds is 3. The van der Waals surface area contributed by atoms with Crippen LogP contribution in [0, 0.1) is 10.1 Å². The molecule has 1 saturated heterocycles. The van der Waals surface area contributed by atoms with Gasteiger partial charge in [0.05, 0.1) is 23.7 Å². The van der Waals surface area contributed by atoms with Gasteiger partial charge in [-0.3, -0.25) is 14.9 Å². The van der Waals surface area contributed by atoms with Crippen molar-refractivity contribution in [2.75, 3.05) is 20.2 Å². The Balaban J connectivity index is 2.32. The van der Waals surface area contributed by atoms with Crippen molar-refractivity contribution < 1.29 is 14.5 Å². The number of nitro groups is 1. The Morgan fingerprint density at radius 3 is 2.81 bits per heavy atom. The van der Waals surface area contributed by atoms with Gasteiger partial charge in [-0.1, -0.05) is 0 Å². The molecular weight excluding hydrogens is 274 g/mol. The highest BCUT2D eigenvalue weighted by Gasteiger charge is 2.29. The lowest BCUT2D eigenvalue weighted by atomic mass is 10.1. The lowest BCUT2D eigenvalue weighted by Crippen LogP contribution is -2.56. The van der Waals surface area contributed by atoms with Crippen LogP contribution >= 0.6 is 0 Å². The summed E-state index contributed by atoms with van der Waals surface area (Å²) in [5.74, 6) is 0.0650. The molecule has 1 N–H and O–H groups in total. The fourth-order valence-electron chi connectivity index (χ4n) is 2.43. The van der Waals surface area contributed by atoms with E-state index in [0.29, 0.717) is 12.1 Å². The first kappa shape index (κ1) is 15.2. The highest BCUT2D eigenvalue weighted by molar-refractivity contribution is 5.97. The summed E-state index contributed by atoms with van der Waals surface area (Å²) in [5, 5.41) is 14.1. The standard InChI is InChI=1S/C14H19N3O4/c1-9-8-16(10(2)7-15-9)14(18)12-5-4-11(17(19)20)6-13(12)21-3/h4-6,9-10,15H,7-8H2,1-3H3. The van der Waals surface area contributed by atoms with E-state index in [-0.39, 0.29) is 29.4 Å². The van der Waals surface area contributed by atoms with E-state index in [9.17, 15) is 14.9 Å². The molecule has 2 rings (SSSR count). The summed E-state index contributed by atoms with van der Waals surface area (Å²) in [6.45, 7) is 5.30. The number of amides is 1. The third-order valence-electron chi connectivity index (χ3n) is 3.65. The summed E-state index contributed by atoms with van der Waals surface area (Å²) < 4.78 is 5.14. The van der Waals surface area contributed by atoms with E-state index >= 15 is 0 Å². The molecule has 1 aromatic carbocycles. The van der Waals surface area contributed by atoms with Gasteiger partial charge in [0.25, 0.3) is 11.6 Å². The van der Waals surface area contributed by atoms with Crippen molar-refractivity contribution in [2.24, 2.45) is 0 Å². The van der Waals surface area contributed by atoms with Gasteiger partial charge in [-0.25, -0.2) is 0 Å². The molecule has 0 spiro atoms. The summed E-state index contributed by atoms with van der Waals surface area (Å²) in [5.41, 5.74) is 0.258. The molecule has 1 aliphatic heterocycles. The first-order valence-electron chi connectivity index (χ1n) is 6.80. The van der Waals surface area contributed by atoms with E-state index in [0.717, 1.165) is 6.54 Å². The van der Waals surface area contributed by atoms with Crippen molar-refractivity contribution in [1.29, 1.82) is 0 Å². The van der Waals surface area contributed by atoms with Gasteiger partial charge in [0.15, 0.2) is 0 Å². The quantitative estimate of drug-likeness (QED) is 0.673. The van der Waals surface area contributed by atoms with Crippen LogP contribution in [-0.2, 0) is 0 Å². The van der Waals surface area contributed by atoms with Crippen molar-refractivity contribution in [3.05, 3.63) is 33.9 Å². The highest BCUT2D eigenvalue weighted by atomic mass is 16.6. The minimum atomic E-state index is -0.508. The van der Waals surface area contributed by atoms with E-state index in [2.05, 4.69) is 5.32 Å². The average molecular weight is 293 g/mol. The summed E-state index contributed by atoms with van der Waals surface area (Å²) in [6, 6.07) is 4.34. The second kappa shape index (κ2) is 6.09. The van der Waals surface area contributed by atoms with Gasteiger partial charge in [0.2, 0.25) is 0 Å². The van der Waals surface area contributed by atoms with Crippen LogP contribution in [0.25, 0.3) is 0 Å². The summed E-state index contributed by atoms with van der Waals surface area (Å²) >= 11 is 0. The van der Waals surface area contributed by atoms with Gasteiger partial charge in [0, 0.05) is 31.2 Å². The monoisotopic (exact) mass is 293 g/mol. The zero-order chi connectivity index (χ0) is 15.6. The van der Waals surface area contributed by atoms with Crippen LogP contribution in [0.5, 0.6) is 5.75 Å². The smallest absolute Gasteiger partial charge is 0.273 e. The van der Waals surface area contributed by atoms with Crippen molar-refractivity contribution >= 4 is 11.6 Å². The summed E-state index contributed by atoms with van der Waals surface area (Å²) in [6.07, 6.45) is 0. The van der Waals surface area contributed by atoms with Gasteiger partial charge >= 0.3 is 0 Å². The summed E-state index contributed by atoms with van der Waals surface area (Å²) in [4.78, 5) is 24.7. The molecule has 7 nitrogen and oxygen atoms in total. The lowest BCUT2D eigenvalue weighted by Gasteiger charge is -2.37. The molecule has 0 bridgehead atoms. The normalized spacial score (nSPS) is 22.0. The largest absolute Gasteiger partial charge is 0.496 e. The molecule has 2 atom stereocenters. The van der Waals surface area contributed by atoms with Crippen molar-refractivity contribution in [3.8, 4) is 5.75 Å². The molecule has 1 fully saturated rings. The number of benzene rings is 1. The number of carbonyl (C=O) groups is 1. The van der Waals surface area contributed by atoms with Gasteiger partial charge < -0.3 is 15.0 Å². The second-order valence-electron chi connectivity index (χ2n) is 5.26. The second-order valence-corrected chi connectivity index (χ2v) is 5.26. The Morgan fingerprint density at radius 1 is 1.48 bits per heavy atom. The maximum Gasteiger partial charge on any atom is 0.273 e. The minimum absolute atomic E-state index is 0.0635. The van der Waals surface area contributed by atoms with Crippen molar-refractivity contribution in [1.82, 2.24) is 10.2 Å². The first-order valence-corrected chi connectivity index (χ1v) is 6.80. The molecule has 1 amide bonds. The number of methoxy groups -OCH3 is 1. The van der Waals surface area contributed by atoms with E-state index in [1.807, 2.05) is 13.8 Å². The molecule has 21 heavy (non-hydrogen) atoms.